The molecular formula is C12H21N. The molecule has 0 aliphatic carbocycles. The second-order valence-electron chi connectivity index (χ2n) is 2.50. The van der Waals surface area contributed by atoms with Crippen molar-refractivity contribution >= 4 is 12.2 Å². The summed E-state index contributed by atoms with van der Waals surface area (Å²) in [6, 6.07) is 0. The van der Waals surface area contributed by atoms with Gasteiger partial charge in [0.15, 0.2) is 0 Å². The summed E-state index contributed by atoms with van der Waals surface area (Å²) in [5.41, 5.74) is 3.60. The maximum absolute atomic E-state index is 3.72. The number of aromatic nitrogens is 1. The third-order valence-electron chi connectivity index (χ3n) is 1.70. The molecule has 0 unspecified atom stereocenters. The second kappa shape index (κ2) is 6.30. The molecule has 0 fully saturated rings. The van der Waals surface area contributed by atoms with Crippen LogP contribution in [0.4, 0.5) is 0 Å². The molecule has 1 heteroatoms. The molecule has 13 heavy (non-hydrogen) atoms. The van der Waals surface area contributed by atoms with Crippen molar-refractivity contribution in [3.05, 3.63) is 35.7 Å². The van der Waals surface area contributed by atoms with E-state index in [4.69, 9.17) is 0 Å². The third-order valence-corrected chi connectivity index (χ3v) is 1.70. The molecule has 0 radical (unpaired) electrons. The molecule has 0 aromatic carbocycles. The molecule has 1 heterocycles. The fourth-order valence-electron chi connectivity index (χ4n) is 1.11. The molecule has 1 nitrogen and oxygen atoms in total. The van der Waals surface area contributed by atoms with Crippen molar-refractivity contribution < 1.29 is 1.43 Å². The van der Waals surface area contributed by atoms with Gasteiger partial charge in [-0.05, 0) is 25.5 Å². The Bertz CT molecular complexity index is 285. The first-order valence-electron chi connectivity index (χ1n) is 4.72. The molecule has 1 rings (SSSR count). The molecule has 0 saturated carbocycles. The molecule has 74 valence electrons. The van der Waals surface area contributed by atoms with Crippen molar-refractivity contribution in [3.63, 3.8) is 0 Å². The minimum Gasteiger partial charge on any atom is -0.361 e. The third kappa shape index (κ3) is 2.94. The number of rotatable bonds is 2. The van der Waals surface area contributed by atoms with E-state index in [1.54, 1.807) is 0 Å². The van der Waals surface area contributed by atoms with Crippen LogP contribution in [0.3, 0.4) is 0 Å². The number of aryl methyl sites for hydroxylation is 1. The van der Waals surface area contributed by atoms with Gasteiger partial charge in [0, 0.05) is 18.9 Å². The first kappa shape index (κ1) is 11.8. The van der Waals surface area contributed by atoms with E-state index in [2.05, 4.69) is 24.6 Å². The van der Waals surface area contributed by atoms with Crippen LogP contribution in [0, 0.1) is 6.92 Å². The van der Waals surface area contributed by atoms with Gasteiger partial charge >= 0.3 is 0 Å². The van der Waals surface area contributed by atoms with Gasteiger partial charge in [-0.15, -0.1) is 0 Å². The standard InChI is InChI=1S/C10H13N.C2H6.H2/c1-4-6-9-8(3)7-11-10(9)5-2;1-2;/h4-7,11H,2H2,1,3H3;1-2H3;1H/b6-4-;;. The van der Waals surface area contributed by atoms with Gasteiger partial charge in [-0.25, -0.2) is 0 Å². The molecule has 0 amide bonds. The summed E-state index contributed by atoms with van der Waals surface area (Å²) in [6.45, 7) is 11.8. The molecular weight excluding hydrogens is 158 g/mol. The van der Waals surface area contributed by atoms with E-state index < -0.39 is 0 Å². The number of aromatic amines is 1. The van der Waals surface area contributed by atoms with Gasteiger partial charge in [0.25, 0.3) is 0 Å². The highest BCUT2D eigenvalue weighted by Crippen LogP contribution is 2.15. The Hall–Kier alpha value is -1.24. The van der Waals surface area contributed by atoms with Crippen LogP contribution >= 0.6 is 0 Å². The smallest absolute Gasteiger partial charge is 0.0450 e. The van der Waals surface area contributed by atoms with E-state index >= 15 is 0 Å². The van der Waals surface area contributed by atoms with E-state index in [9.17, 15) is 0 Å². The molecule has 0 bridgehead atoms. The van der Waals surface area contributed by atoms with Crippen LogP contribution < -0.4 is 0 Å². The molecule has 0 saturated heterocycles. The molecule has 0 atom stereocenters. The van der Waals surface area contributed by atoms with Crippen LogP contribution in [0.15, 0.2) is 18.9 Å². The van der Waals surface area contributed by atoms with E-state index in [0.717, 1.165) is 5.69 Å². The number of allylic oxidation sites excluding steroid dienone is 1. The van der Waals surface area contributed by atoms with Gasteiger partial charge in [0.05, 0.1) is 0 Å². The summed E-state index contributed by atoms with van der Waals surface area (Å²) in [4.78, 5) is 3.14. The van der Waals surface area contributed by atoms with Crippen molar-refractivity contribution in [1.29, 1.82) is 0 Å². The Balaban J connectivity index is 0. The van der Waals surface area contributed by atoms with Crippen LogP contribution in [0.5, 0.6) is 0 Å². The van der Waals surface area contributed by atoms with E-state index in [0.29, 0.717) is 0 Å². The van der Waals surface area contributed by atoms with Crippen molar-refractivity contribution in [1.82, 2.24) is 4.98 Å². The molecule has 1 aromatic rings. The first-order chi connectivity index (χ1) is 6.29. The van der Waals surface area contributed by atoms with Gasteiger partial charge in [0.2, 0.25) is 0 Å². The lowest BCUT2D eigenvalue weighted by molar-refractivity contribution is 1.36. The average molecular weight is 179 g/mol. The van der Waals surface area contributed by atoms with Crippen LogP contribution in [0.2, 0.25) is 0 Å². The average Bonchev–Trinajstić information content (AvgIpc) is 2.52. The topological polar surface area (TPSA) is 15.8 Å². The zero-order chi connectivity index (χ0) is 10.3. The zero-order valence-electron chi connectivity index (χ0n) is 9.02. The molecule has 1 N–H and O–H groups in total. The Morgan fingerprint density at radius 2 is 2.08 bits per heavy atom. The lowest BCUT2D eigenvalue weighted by atomic mass is 10.1. The van der Waals surface area contributed by atoms with Crippen molar-refractivity contribution in [3.8, 4) is 0 Å². The molecule has 0 spiro atoms. The highest BCUT2D eigenvalue weighted by Gasteiger charge is 1.99. The summed E-state index contributed by atoms with van der Waals surface area (Å²) >= 11 is 0. The normalized spacial score (nSPS) is 9.54. The minimum absolute atomic E-state index is 0. The van der Waals surface area contributed by atoms with Gasteiger partial charge < -0.3 is 4.98 Å². The van der Waals surface area contributed by atoms with Crippen LogP contribution in [0.1, 0.15) is 39.0 Å². The van der Waals surface area contributed by atoms with Gasteiger partial charge in [0.1, 0.15) is 0 Å². The maximum atomic E-state index is 3.72. The molecule has 0 aliphatic rings. The van der Waals surface area contributed by atoms with Crippen molar-refractivity contribution in [2.75, 3.05) is 0 Å². The summed E-state index contributed by atoms with van der Waals surface area (Å²) in [6.07, 6.45) is 7.95. The lowest BCUT2D eigenvalue weighted by Crippen LogP contribution is -1.75. The van der Waals surface area contributed by atoms with E-state index in [-0.39, 0.29) is 1.43 Å². The number of nitrogens with one attached hydrogen (secondary N) is 1. The Morgan fingerprint density at radius 1 is 1.46 bits per heavy atom. The monoisotopic (exact) mass is 179 g/mol. The van der Waals surface area contributed by atoms with Crippen LogP contribution in [-0.4, -0.2) is 4.98 Å². The fourth-order valence-corrected chi connectivity index (χ4v) is 1.11. The zero-order valence-corrected chi connectivity index (χ0v) is 9.02. The number of H-pyrrole nitrogens is 1. The van der Waals surface area contributed by atoms with Gasteiger partial charge in [-0.3, -0.25) is 0 Å². The summed E-state index contributed by atoms with van der Waals surface area (Å²) < 4.78 is 0. The molecule has 1 aromatic heterocycles. The van der Waals surface area contributed by atoms with Crippen LogP contribution in [0.25, 0.3) is 12.2 Å². The maximum Gasteiger partial charge on any atom is 0.0450 e. The van der Waals surface area contributed by atoms with Gasteiger partial charge in [-0.2, -0.15) is 0 Å². The summed E-state index contributed by atoms with van der Waals surface area (Å²) in [5.74, 6) is 0. The Kier molecular flexibility index (Phi) is 5.69. The Labute approximate surface area is 82.7 Å². The molecule has 0 aliphatic heterocycles. The summed E-state index contributed by atoms with van der Waals surface area (Å²) in [7, 11) is 0. The Morgan fingerprint density at radius 3 is 2.54 bits per heavy atom. The van der Waals surface area contributed by atoms with Crippen molar-refractivity contribution in [2.24, 2.45) is 0 Å². The second-order valence-corrected chi connectivity index (χ2v) is 2.50. The lowest BCUT2D eigenvalue weighted by Gasteiger charge is -1.92. The predicted molar refractivity (Wildman–Crippen MR) is 63.8 cm³/mol. The number of hydrogen-bond acceptors (Lipinski definition) is 0. The largest absolute Gasteiger partial charge is 0.361 e. The van der Waals surface area contributed by atoms with Gasteiger partial charge in [-0.1, -0.05) is 32.6 Å². The first-order valence-corrected chi connectivity index (χ1v) is 4.72. The minimum atomic E-state index is 0. The van der Waals surface area contributed by atoms with Crippen molar-refractivity contribution in [2.45, 2.75) is 27.7 Å². The fraction of sp³-hybridized carbons (Fsp3) is 0.333. The quantitative estimate of drug-likeness (QED) is 0.697. The van der Waals surface area contributed by atoms with E-state index in [1.807, 2.05) is 39.1 Å². The summed E-state index contributed by atoms with van der Waals surface area (Å²) in [5, 5.41) is 0. The predicted octanol–water partition coefficient (Wildman–Crippen LogP) is 4.27. The SMILES string of the molecule is C=Cc1[nH]cc(C)c1/C=C\C.CC.[HH]. The highest BCUT2D eigenvalue weighted by molar-refractivity contribution is 5.64. The van der Waals surface area contributed by atoms with E-state index in [1.165, 1.54) is 11.1 Å². The van der Waals surface area contributed by atoms with Crippen LogP contribution in [-0.2, 0) is 0 Å². The highest BCUT2D eigenvalue weighted by atomic mass is 14.7. The number of hydrogen-bond donors (Lipinski definition) is 1.